The molecule has 0 bridgehead atoms. The van der Waals surface area contributed by atoms with E-state index in [1.54, 1.807) is 0 Å². The first kappa shape index (κ1) is 7.32. The van der Waals surface area contributed by atoms with Crippen LogP contribution in [0.1, 0.15) is 13.3 Å². The smallest absolute Gasteiger partial charge is 0.155 e. The molecule has 1 aliphatic rings. The predicted octanol–water partition coefficient (Wildman–Crippen LogP) is 1.38. The summed E-state index contributed by atoms with van der Waals surface area (Å²) in [6, 6.07) is 0. The largest absolute Gasteiger partial charge is 0.350 e. The maximum absolute atomic E-state index is 5.49. The second-order valence-corrected chi connectivity index (χ2v) is 2.51. The molecule has 1 heterocycles. The Labute approximate surface area is 60.1 Å². The van der Waals surface area contributed by atoms with Gasteiger partial charge in [0.15, 0.2) is 6.29 Å². The molecule has 0 radical (unpaired) electrons. The van der Waals surface area contributed by atoms with Gasteiger partial charge in [0.2, 0.25) is 0 Å². The lowest BCUT2D eigenvalue weighted by Gasteiger charge is -2.04. The number of hydrogen-bond donors (Lipinski definition) is 0. The lowest BCUT2D eigenvalue weighted by molar-refractivity contribution is -0.0422. The summed E-state index contributed by atoms with van der Waals surface area (Å²) in [7, 11) is 0. The molecule has 1 rings (SSSR count). The first-order chi connectivity index (χ1) is 4.33. The Hall–Kier alpha value is 0.210. The average Bonchev–Trinajstić information content (AvgIpc) is 2.17. The molecule has 0 aromatic carbocycles. The van der Waals surface area contributed by atoms with Crippen molar-refractivity contribution in [2.75, 3.05) is 12.5 Å². The van der Waals surface area contributed by atoms with Gasteiger partial charge in [-0.2, -0.15) is 0 Å². The SMILES string of the molecule is CC1OCC(CCCl)O1. The van der Waals surface area contributed by atoms with E-state index >= 15 is 0 Å². The average molecular weight is 151 g/mol. The molecule has 54 valence electrons. The minimum Gasteiger partial charge on any atom is -0.350 e. The van der Waals surface area contributed by atoms with E-state index in [9.17, 15) is 0 Å². The number of hydrogen-bond acceptors (Lipinski definition) is 2. The zero-order valence-corrected chi connectivity index (χ0v) is 6.23. The Morgan fingerprint density at radius 2 is 2.44 bits per heavy atom. The lowest BCUT2D eigenvalue weighted by atomic mass is 10.3. The third kappa shape index (κ3) is 2.12. The Bertz CT molecular complexity index is 85.1. The number of rotatable bonds is 2. The van der Waals surface area contributed by atoms with Gasteiger partial charge >= 0.3 is 0 Å². The molecule has 0 N–H and O–H groups in total. The number of ether oxygens (including phenoxy) is 2. The Balaban J connectivity index is 2.14. The summed E-state index contributed by atoms with van der Waals surface area (Å²) in [6.45, 7) is 2.60. The Kier molecular flexibility index (Phi) is 2.76. The van der Waals surface area contributed by atoms with Crippen LogP contribution in [0.3, 0.4) is 0 Å². The topological polar surface area (TPSA) is 18.5 Å². The van der Waals surface area contributed by atoms with Crippen molar-refractivity contribution in [2.45, 2.75) is 25.7 Å². The summed E-state index contributed by atoms with van der Waals surface area (Å²) in [6.07, 6.45) is 1.10. The van der Waals surface area contributed by atoms with Gasteiger partial charge in [0.1, 0.15) is 0 Å². The Morgan fingerprint density at radius 1 is 1.67 bits per heavy atom. The molecule has 3 heteroatoms. The van der Waals surface area contributed by atoms with E-state index in [1.165, 1.54) is 0 Å². The van der Waals surface area contributed by atoms with Crippen LogP contribution in [-0.4, -0.2) is 24.9 Å². The van der Waals surface area contributed by atoms with Crippen LogP contribution >= 0.6 is 11.6 Å². The molecule has 0 aromatic heterocycles. The fraction of sp³-hybridized carbons (Fsp3) is 1.00. The van der Waals surface area contributed by atoms with Crippen molar-refractivity contribution < 1.29 is 9.47 Å². The molecule has 0 spiro atoms. The minimum atomic E-state index is -0.0294. The van der Waals surface area contributed by atoms with Crippen molar-refractivity contribution in [1.82, 2.24) is 0 Å². The highest BCUT2D eigenvalue weighted by molar-refractivity contribution is 6.17. The second kappa shape index (κ2) is 3.40. The fourth-order valence-electron chi connectivity index (χ4n) is 0.865. The maximum Gasteiger partial charge on any atom is 0.155 e. The normalized spacial score (nSPS) is 35.3. The van der Waals surface area contributed by atoms with Gasteiger partial charge in [-0.3, -0.25) is 0 Å². The van der Waals surface area contributed by atoms with Gasteiger partial charge in [0.05, 0.1) is 12.7 Å². The van der Waals surface area contributed by atoms with Gasteiger partial charge in [-0.25, -0.2) is 0 Å². The first-order valence-corrected chi connectivity index (χ1v) is 3.69. The van der Waals surface area contributed by atoms with Crippen LogP contribution in [0.5, 0.6) is 0 Å². The highest BCUT2D eigenvalue weighted by atomic mass is 35.5. The van der Waals surface area contributed by atoms with Gasteiger partial charge < -0.3 is 9.47 Å². The van der Waals surface area contributed by atoms with Crippen molar-refractivity contribution in [3.63, 3.8) is 0 Å². The monoisotopic (exact) mass is 150 g/mol. The van der Waals surface area contributed by atoms with Crippen LogP contribution in [0.2, 0.25) is 0 Å². The lowest BCUT2D eigenvalue weighted by Crippen LogP contribution is -2.10. The van der Waals surface area contributed by atoms with E-state index in [-0.39, 0.29) is 12.4 Å². The highest BCUT2D eigenvalue weighted by Gasteiger charge is 2.20. The molecular formula is C6H11ClO2. The van der Waals surface area contributed by atoms with Gasteiger partial charge in [0, 0.05) is 5.88 Å². The molecule has 0 saturated carbocycles. The van der Waals surface area contributed by atoms with E-state index in [4.69, 9.17) is 21.1 Å². The molecule has 0 amide bonds. The van der Waals surface area contributed by atoms with Crippen molar-refractivity contribution >= 4 is 11.6 Å². The van der Waals surface area contributed by atoms with E-state index < -0.39 is 0 Å². The standard InChI is InChI=1S/C6H11ClO2/c1-5-8-4-6(9-5)2-3-7/h5-6H,2-4H2,1H3. The summed E-state index contributed by atoms with van der Waals surface area (Å²) in [5, 5.41) is 0. The molecule has 1 fully saturated rings. The molecule has 2 unspecified atom stereocenters. The first-order valence-electron chi connectivity index (χ1n) is 3.16. The summed E-state index contributed by atoms with van der Waals surface area (Å²) < 4.78 is 10.4. The van der Waals surface area contributed by atoms with Crippen LogP contribution in [-0.2, 0) is 9.47 Å². The van der Waals surface area contributed by atoms with Crippen molar-refractivity contribution in [3.8, 4) is 0 Å². The zero-order chi connectivity index (χ0) is 6.69. The molecular weight excluding hydrogens is 140 g/mol. The molecule has 1 aliphatic heterocycles. The van der Waals surface area contributed by atoms with E-state index in [0.717, 1.165) is 6.42 Å². The van der Waals surface area contributed by atoms with E-state index in [1.807, 2.05) is 6.92 Å². The molecule has 2 atom stereocenters. The van der Waals surface area contributed by atoms with Crippen molar-refractivity contribution in [1.29, 1.82) is 0 Å². The van der Waals surface area contributed by atoms with Gasteiger partial charge in [-0.1, -0.05) is 0 Å². The highest BCUT2D eigenvalue weighted by Crippen LogP contribution is 2.13. The van der Waals surface area contributed by atoms with Crippen LogP contribution in [0, 0.1) is 0 Å². The van der Waals surface area contributed by atoms with Crippen molar-refractivity contribution in [3.05, 3.63) is 0 Å². The van der Waals surface area contributed by atoms with Gasteiger partial charge in [0.25, 0.3) is 0 Å². The maximum atomic E-state index is 5.49. The van der Waals surface area contributed by atoms with Crippen LogP contribution in [0.4, 0.5) is 0 Å². The summed E-state index contributed by atoms with van der Waals surface area (Å²) in [4.78, 5) is 0. The number of halogens is 1. The molecule has 0 aliphatic carbocycles. The van der Waals surface area contributed by atoms with E-state index in [2.05, 4.69) is 0 Å². The van der Waals surface area contributed by atoms with Crippen LogP contribution in [0.25, 0.3) is 0 Å². The van der Waals surface area contributed by atoms with Crippen LogP contribution < -0.4 is 0 Å². The predicted molar refractivity (Wildman–Crippen MR) is 35.6 cm³/mol. The summed E-state index contributed by atoms with van der Waals surface area (Å²) >= 11 is 5.49. The second-order valence-electron chi connectivity index (χ2n) is 2.14. The third-order valence-corrected chi connectivity index (χ3v) is 1.55. The van der Waals surface area contributed by atoms with Crippen molar-refractivity contribution in [2.24, 2.45) is 0 Å². The number of alkyl halides is 1. The molecule has 9 heavy (non-hydrogen) atoms. The van der Waals surface area contributed by atoms with Gasteiger partial charge in [-0.15, -0.1) is 11.6 Å². The molecule has 0 aromatic rings. The van der Waals surface area contributed by atoms with E-state index in [0.29, 0.717) is 12.5 Å². The molecule has 1 saturated heterocycles. The van der Waals surface area contributed by atoms with Crippen LogP contribution in [0.15, 0.2) is 0 Å². The summed E-state index contributed by atoms with van der Waals surface area (Å²) in [5.74, 6) is 0.654. The molecule has 2 nitrogen and oxygen atoms in total. The minimum absolute atomic E-state index is 0.0294. The quantitative estimate of drug-likeness (QED) is 0.554. The zero-order valence-electron chi connectivity index (χ0n) is 5.47. The third-order valence-electron chi connectivity index (χ3n) is 1.33. The fourth-order valence-corrected chi connectivity index (χ4v) is 1.11. The Morgan fingerprint density at radius 3 is 2.89 bits per heavy atom. The van der Waals surface area contributed by atoms with Gasteiger partial charge in [-0.05, 0) is 13.3 Å². The summed E-state index contributed by atoms with van der Waals surface area (Å²) in [5.41, 5.74) is 0.